The summed E-state index contributed by atoms with van der Waals surface area (Å²) in [4.78, 5) is 8.23. The molecule has 1 atom stereocenters. The zero-order chi connectivity index (χ0) is 18.2. The van der Waals surface area contributed by atoms with Gasteiger partial charge in [0.25, 0.3) is 0 Å². The summed E-state index contributed by atoms with van der Waals surface area (Å²) in [5.41, 5.74) is 7.42. The minimum atomic E-state index is 0.467. The maximum atomic E-state index is 5.65. The van der Waals surface area contributed by atoms with Crippen LogP contribution in [0.4, 0.5) is 0 Å². The van der Waals surface area contributed by atoms with Gasteiger partial charge in [0.15, 0.2) is 0 Å². The Morgan fingerprint density at radius 3 is 2.96 bits per heavy atom. The SMILES string of the molecule is Cc1ccc2[nH]c3c(c2c1)C[C@H](NCc1coc(-c2ccccc2)n1)CC3. The van der Waals surface area contributed by atoms with Crippen molar-refractivity contribution in [3.63, 3.8) is 0 Å². The minimum Gasteiger partial charge on any atom is -0.444 e. The summed E-state index contributed by atoms with van der Waals surface area (Å²) in [7, 11) is 0. The Morgan fingerprint density at radius 1 is 1.19 bits per heavy atom. The lowest BCUT2D eigenvalue weighted by molar-refractivity contribution is 0.453. The topological polar surface area (TPSA) is 53.9 Å². The molecule has 27 heavy (non-hydrogen) atoms. The normalized spacial score (nSPS) is 16.6. The standard InChI is InChI=1S/C23H23N3O/c1-15-7-9-21-19(11-15)20-12-17(8-10-22(20)26-21)24-13-18-14-27-23(25-18)16-5-3-2-4-6-16/h2-7,9,11,14,17,24,26H,8,10,12-13H2,1H3/t17-/m1/s1. The number of nitrogens with one attached hydrogen (secondary N) is 2. The van der Waals surface area contributed by atoms with E-state index < -0.39 is 0 Å². The second-order valence-electron chi connectivity index (χ2n) is 7.46. The van der Waals surface area contributed by atoms with Crippen molar-refractivity contribution in [1.82, 2.24) is 15.3 Å². The number of rotatable bonds is 4. The van der Waals surface area contributed by atoms with Gasteiger partial charge in [0.2, 0.25) is 5.89 Å². The zero-order valence-electron chi connectivity index (χ0n) is 15.5. The number of nitrogens with zero attached hydrogens (tertiary/aromatic N) is 1. The third-order valence-electron chi connectivity index (χ3n) is 5.49. The van der Waals surface area contributed by atoms with E-state index in [9.17, 15) is 0 Å². The molecule has 2 N–H and O–H groups in total. The van der Waals surface area contributed by atoms with Gasteiger partial charge in [0, 0.05) is 34.7 Å². The largest absolute Gasteiger partial charge is 0.444 e. The highest BCUT2D eigenvalue weighted by molar-refractivity contribution is 5.85. The molecule has 136 valence electrons. The van der Waals surface area contributed by atoms with Crippen molar-refractivity contribution < 1.29 is 4.42 Å². The second kappa shape index (κ2) is 6.71. The van der Waals surface area contributed by atoms with Gasteiger partial charge in [0.1, 0.15) is 6.26 Å². The average Bonchev–Trinajstić information content (AvgIpc) is 3.31. The molecule has 0 aliphatic heterocycles. The third kappa shape index (κ3) is 3.17. The molecule has 0 fully saturated rings. The highest BCUT2D eigenvalue weighted by Crippen LogP contribution is 2.30. The monoisotopic (exact) mass is 357 g/mol. The van der Waals surface area contributed by atoms with E-state index in [1.165, 1.54) is 27.7 Å². The zero-order valence-corrected chi connectivity index (χ0v) is 15.5. The highest BCUT2D eigenvalue weighted by atomic mass is 16.3. The van der Waals surface area contributed by atoms with Crippen LogP contribution in [0.5, 0.6) is 0 Å². The van der Waals surface area contributed by atoms with Crippen molar-refractivity contribution in [1.29, 1.82) is 0 Å². The van der Waals surface area contributed by atoms with E-state index in [2.05, 4.69) is 40.4 Å². The molecule has 4 aromatic rings. The molecule has 0 spiro atoms. The molecule has 5 rings (SSSR count). The summed E-state index contributed by atoms with van der Waals surface area (Å²) >= 11 is 0. The number of aromatic amines is 1. The summed E-state index contributed by atoms with van der Waals surface area (Å²) in [6, 6.07) is 17.2. The fourth-order valence-electron chi connectivity index (χ4n) is 4.06. The number of oxazole rings is 1. The Bertz CT molecular complexity index is 1080. The van der Waals surface area contributed by atoms with E-state index in [1.54, 1.807) is 6.26 Å². The maximum absolute atomic E-state index is 5.65. The van der Waals surface area contributed by atoms with Gasteiger partial charge in [-0.2, -0.15) is 0 Å². The number of aromatic nitrogens is 2. The van der Waals surface area contributed by atoms with Crippen LogP contribution in [0.3, 0.4) is 0 Å². The number of hydrogen-bond donors (Lipinski definition) is 2. The summed E-state index contributed by atoms with van der Waals surface area (Å²) < 4.78 is 5.65. The lowest BCUT2D eigenvalue weighted by atomic mass is 9.91. The molecule has 0 bridgehead atoms. The van der Waals surface area contributed by atoms with Crippen molar-refractivity contribution in [3.8, 4) is 11.5 Å². The molecule has 0 unspecified atom stereocenters. The van der Waals surface area contributed by atoms with Crippen LogP contribution in [0.25, 0.3) is 22.4 Å². The second-order valence-corrected chi connectivity index (χ2v) is 7.46. The Kier molecular flexibility index (Phi) is 4.06. The van der Waals surface area contributed by atoms with Gasteiger partial charge in [-0.3, -0.25) is 0 Å². The van der Waals surface area contributed by atoms with E-state index in [4.69, 9.17) is 4.42 Å². The molecule has 4 nitrogen and oxygen atoms in total. The Hall–Kier alpha value is -2.85. The highest BCUT2D eigenvalue weighted by Gasteiger charge is 2.22. The van der Waals surface area contributed by atoms with E-state index in [0.717, 1.165) is 37.1 Å². The molecular weight excluding hydrogens is 334 g/mol. The van der Waals surface area contributed by atoms with Crippen LogP contribution >= 0.6 is 0 Å². The number of hydrogen-bond acceptors (Lipinski definition) is 3. The van der Waals surface area contributed by atoms with Crippen molar-refractivity contribution in [2.24, 2.45) is 0 Å². The molecule has 4 heteroatoms. The third-order valence-corrected chi connectivity index (χ3v) is 5.49. The smallest absolute Gasteiger partial charge is 0.226 e. The number of aryl methyl sites for hydroxylation is 2. The van der Waals surface area contributed by atoms with Crippen LogP contribution in [0.15, 0.2) is 59.2 Å². The lowest BCUT2D eigenvalue weighted by Crippen LogP contribution is -2.34. The van der Waals surface area contributed by atoms with Gasteiger partial charge in [-0.1, -0.05) is 29.8 Å². The van der Waals surface area contributed by atoms with Gasteiger partial charge < -0.3 is 14.7 Å². The van der Waals surface area contributed by atoms with Crippen LogP contribution in [0.1, 0.15) is 28.9 Å². The van der Waals surface area contributed by atoms with Gasteiger partial charge in [-0.15, -0.1) is 0 Å². The van der Waals surface area contributed by atoms with Crippen LogP contribution in [0.2, 0.25) is 0 Å². The van der Waals surface area contributed by atoms with Gasteiger partial charge in [-0.25, -0.2) is 4.98 Å². The minimum absolute atomic E-state index is 0.467. The first-order valence-corrected chi connectivity index (χ1v) is 9.59. The average molecular weight is 357 g/mol. The summed E-state index contributed by atoms with van der Waals surface area (Å²) in [6.45, 7) is 2.89. The van der Waals surface area contributed by atoms with Crippen molar-refractivity contribution in [2.45, 2.75) is 38.8 Å². The summed E-state index contributed by atoms with van der Waals surface area (Å²) in [6.07, 6.45) is 5.05. The fraction of sp³-hybridized carbons (Fsp3) is 0.261. The first kappa shape index (κ1) is 16.3. The van der Waals surface area contributed by atoms with E-state index in [-0.39, 0.29) is 0 Å². The van der Waals surface area contributed by atoms with Crippen molar-refractivity contribution >= 4 is 10.9 Å². The molecule has 2 heterocycles. The Labute approximate surface area is 158 Å². The molecule has 1 aliphatic carbocycles. The number of benzene rings is 2. The molecule has 1 aliphatic rings. The molecule has 0 radical (unpaired) electrons. The van der Waals surface area contributed by atoms with Gasteiger partial charge in [-0.05, 0) is 56.0 Å². The number of H-pyrrole nitrogens is 1. The first-order valence-electron chi connectivity index (χ1n) is 9.59. The molecule has 2 aromatic carbocycles. The van der Waals surface area contributed by atoms with E-state index in [0.29, 0.717) is 11.9 Å². The van der Waals surface area contributed by atoms with Gasteiger partial charge >= 0.3 is 0 Å². The van der Waals surface area contributed by atoms with E-state index in [1.807, 2.05) is 30.3 Å². The quantitative estimate of drug-likeness (QED) is 0.553. The lowest BCUT2D eigenvalue weighted by Gasteiger charge is -2.23. The van der Waals surface area contributed by atoms with Crippen molar-refractivity contribution in [3.05, 3.63) is 77.3 Å². The van der Waals surface area contributed by atoms with Crippen LogP contribution in [-0.2, 0) is 19.4 Å². The van der Waals surface area contributed by atoms with Crippen LogP contribution in [0, 0.1) is 6.92 Å². The van der Waals surface area contributed by atoms with Crippen molar-refractivity contribution in [2.75, 3.05) is 0 Å². The Balaban J connectivity index is 1.29. The Morgan fingerprint density at radius 2 is 2.07 bits per heavy atom. The molecule has 0 saturated carbocycles. The molecular formula is C23H23N3O. The number of fused-ring (bicyclic) bond motifs is 3. The summed E-state index contributed by atoms with van der Waals surface area (Å²) in [5.74, 6) is 0.686. The predicted octanol–water partition coefficient (Wildman–Crippen LogP) is 4.78. The van der Waals surface area contributed by atoms with E-state index >= 15 is 0 Å². The predicted molar refractivity (Wildman–Crippen MR) is 108 cm³/mol. The van der Waals surface area contributed by atoms with Crippen LogP contribution < -0.4 is 5.32 Å². The van der Waals surface area contributed by atoms with Crippen LogP contribution in [-0.4, -0.2) is 16.0 Å². The van der Waals surface area contributed by atoms with Gasteiger partial charge in [0.05, 0.1) is 5.69 Å². The fourth-order valence-corrected chi connectivity index (χ4v) is 4.06. The molecule has 2 aromatic heterocycles. The maximum Gasteiger partial charge on any atom is 0.226 e. The summed E-state index contributed by atoms with van der Waals surface area (Å²) in [5, 5.41) is 5.06. The molecule has 0 saturated heterocycles. The first-order chi connectivity index (χ1) is 13.3. The molecule has 0 amide bonds.